The summed E-state index contributed by atoms with van der Waals surface area (Å²) in [5, 5.41) is 7.65. The standard InChI is InChI=1S/C19H27N3O2/c1-15(2)14-24-19-10-16(7-8-18(19)23-4)11-20-9-5-6-17-12-21-22(3)13-17/h7-8,10,12-13,20H,1,5-6,9,11,14H2,2-4H3. The lowest BCUT2D eigenvalue weighted by Crippen LogP contribution is -2.15. The molecule has 2 rings (SSSR count). The quantitative estimate of drug-likeness (QED) is 0.537. The van der Waals surface area contributed by atoms with E-state index in [4.69, 9.17) is 9.47 Å². The van der Waals surface area contributed by atoms with Crippen LogP contribution in [0.4, 0.5) is 0 Å². The summed E-state index contributed by atoms with van der Waals surface area (Å²) in [4.78, 5) is 0. The van der Waals surface area contributed by atoms with Crippen molar-refractivity contribution in [1.82, 2.24) is 15.1 Å². The Hall–Kier alpha value is -2.27. The Balaban J connectivity index is 1.79. The summed E-state index contributed by atoms with van der Waals surface area (Å²) in [6, 6.07) is 6.02. The van der Waals surface area contributed by atoms with Crippen LogP contribution in [-0.2, 0) is 20.0 Å². The molecule has 0 saturated heterocycles. The molecule has 0 fully saturated rings. The molecule has 1 aromatic heterocycles. The fourth-order valence-electron chi connectivity index (χ4n) is 2.40. The van der Waals surface area contributed by atoms with Crippen molar-refractivity contribution in [2.45, 2.75) is 26.3 Å². The minimum absolute atomic E-state index is 0.498. The molecule has 24 heavy (non-hydrogen) atoms. The summed E-state index contributed by atoms with van der Waals surface area (Å²) < 4.78 is 12.9. The Morgan fingerprint density at radius 1 is 1.29 bits per heavy atom. The molecule has 130 valence electrons. The van der Waals surface area contributed by atoms with E-state index in [1.54, 1.807) is 7.11 Å². The molecule has 5 heteroatoms. The average molecular weight is 329 g/mol. The van der Waals surface area contributed by atoms with E-state index in [1.165, 1.54) is 11.1 Å². The Morgan fingerprint density at radius 3 is 2.79 bits per heavy atom. The van der Waals surface area contributed by atoms with Gasteiger partial charge < -0.3 is 14.8 Å². The van der Waals surface area contributed by atoms with Gasteiger partial charge in [-0.15, -0.1) is 0 Å². The SMILES string of the molecule is C=C(C)COc1cc(CNCCCc2cnn(C)c2)ccc1OC. The van der Waals surface area contributed by atoms with Gasteiger partial charge in [0.1, 0.15) is 6.61 Å². The highest BCUT2D eigenvalue weighted by molar-refractivity contribution is 5.43. The van der Waals surface area contributed by atoms with Crippen molar-refractivity contribution in [2.24, 2.45) is 7.05 Å². The summed E-state index contributed by atoms with van der Waals surface area (Å²) in [5.74, 6) is 1.51. The third-order valence-corrected chi connectivity index (χ3v) is 3.61. The lowest BCUT2D eigenvalue weighted by molar-refractivity contribution is 0.319. The van der Waals surface area contributed by atoms with Gasteiger partial charge in [0.05, 0.1) is 13.3 Å². The highest BCUT2D eigenvalue weighted by Gasteiger charge is 2.06. The Bertz CT molecular complexity index is 664. The highest BCUT2D eigenvalue weighted by Crippen LogP contribution is 2.28. The second kappa shape index (κ2) is 9.13. The van der Waals surface area contributed by atoms with Gasteiger partial charge in [-0.1, -0.05) is 12.6 Å². The smallest absolute Gasteiger partial charge is 0.161 e. The van der Waals surface area contributed by atoms with Crippen molar-refractivity contribution in [3.05, 3.63) is 53.9 Å². The van der Waals surface area contributed by atoms with E-state index in [9.17, 15) is 0 Å². The van der Waals surface area contributed by atoms with E-state index < -0.39 is 0 Å². The zero-order valence-corrected chi connectivity index (χ0v) is 14.8. The van der Waals surface area contributed by atoms with Gasteiger partial charge in [0.2, 0.25) is 0 Å². The molecule has 1 N–H and O–H groups in total. The van der Waals surface area contributed by atoms with E-state index in [2.05, 4.69) is 29.3 Å². The Kier molecular flexibility index (Phi) is 6.88. The van der Waals surface area contributed by atoms with Crippen LogP contribution in [-0.4, -0.2) is 30.0 Å². The number of benzene rings is 1. The molecule has 1 aromatic carbocycles. The number of aromatic nitrogens is 2. The Morgan fingerprint density at radius 2 is 2.12 bits per heavy atom. The van der Waals surface area contributed by atoms with Crippen molar-refractivity contribution >= 4 is 0 Å². The maximum absolute atomic E-state index is 5.76. The summed E-state index contributed by atoms with van der Waals surface area (Å²) in [7, 11) is 3.60. The molecular weight excluding hydrogens is 302 g/mol. The molecule has 0 aliphatic carbocycles. The van der Waals surface area contributed by atoms with Crippen molar-refractivity contribution in [2.75, 3.05) is 20.3 Å². The third-order valence-electron chi connectivity index (χ3n) is 3.61. The van der Waals surface area contributed by atoms with Crippen molar-refractivity contribution in [1.29, 1.82) is 0 Å². The number of hydrogen-bond acceptors (Lipinski definition) is 4. The van der Waals surface area contributed by atoms with E-state index in [1.807, 2.05) is 37.0 Å². The lowest BCUT2D eigenvalue weighted by atomic mass is 10.2. The molecule has 1 heterocycles. The summed E-state index contributed by atoms with van der Waals surface area (Å²) in [6.07, 6.45) is 6.11. The first-order chi connectivity index (χ1) is 11.6. The van der Waals surface area contributed by atoms with E-state index >= 15 is 0 Å². The maximum atomic E-state index is 5.76. The van der Waals surface area contributed by atoms with Gasteiger partial charge in [0, 0.05) is 19.8 Å². The minimum Gasteiger partial charge on any atom is -0.493 e. The molecule has 0 amide bonds. The number of aryl methyl sites for hydroxylation is 2. The fraction of sp³-hybridized carbons (Fsp3) is 0.421. The largest absolute Gasteiger partial charge is 0.493 e. The third kappa shape index (κ3) is 5.74. The first kappa shape index (κ1) is 18.1. The van der Waals surface area contributed by atoms with Crippen LogP contribution in [0.15, 0.2) is 42.7 Å². The molecule has 5 nitrogen and oxygen atoms in total. The van der Waals surface area contributed by atoms with Crippen LogP contribution >= 0.6 is 0 Å². The fourth-order valence-corrected chi connectivity index (χ4v) is 2.40. The maximum Gasteiger partial charge on any atom is 0.161 e. The molecule has 0 atom stereocenters. The van der Waals surface area contributed by atoms with Gasteiger partial charge in [-0.2, -0.15) is 5.10 Å². The molecule has 2 aromatic rings. The van der Waals surface area contributed by atoms with Crippen LogP contribution in [0, 0.1) is 0 Å². The molecule has 0 bridgehead atoms. The van der Waals surface area contributed by atoms with Crippen LogP contribution in [0.25, 0.3) is 0 Å². The molecule has 0 unspecified atom stereocenters. The molecule has 0 spiro atoms. The van der Waals surface area contributed by atoms with Crippen molar-refractivity contribution in [3.63, 3.8) is 0 Å². The van der Waals surface area contributed by atoms with E-state index in [0.717, 1.165) is 43.0 Å². The number of rotatable bonds is 10. The van der Waals surface area contributed by atoms with Gasteiger partial charge in [-0.05, 0) is 55.1 Å². The molecule has 0 aliphatic heterocycles. The van der Waals surface area contributed by atoms with Crippen molar-refractivity contribution < 1.29 is 9.47 Å². The zero-order chi connectivity index (χ0) is 17.4. The van der Waals surface area contributed by atoms with Gasteiger partial charge in [0.25, 0.3) is 0 Å². The molecule has 0 saturated carbocycles. The first-order valence-electron chi connectivity index (χ1n) is 8.21. The van der Waals surface area contributed by atoms with Crippen LogP contribution in [0.3, 0.4) is 0 Å². The topological polar surface area (TPSA) is 48.3 Å². The predicted octanol–water partition coefficient (Wildman–Crippen LogP) is 3.11. The number of ether oxygens (including phenoxy) is 2. The second-order valence-corrected chi connectivity index (χ2v) is 6.03. The normalized spacial score (nSPS) is 10.6. The number of hydrogen-bond donors (Lipinski definition) is 1. The molecule has 0 radical (unpaired) electrons. The Labute approximate surface area is 144 Å². The molecular formula is C19H27N3O2. The summed E-state index contributed by atoms with van der Waals surface area (Å²) >= 11 is 0. The highest BCUT2D eigenvalue weighted by atomic mass is 16.5. The lowest BCUT2D eigenvalue weighted by Gasteiger charge is -2.13. The second-order valence-electron chi connectivity index (χ2n) is 6.03. The van der Waals surface area contributed by atoms with Gasteiger partial charge >= 0.3 is 0 Å². The monoisotopic (exact) mass is 329 g/mol. The van der Waals surface area contributed by atoms with Gasteiger partial charge in [-0.3, -0.25) is 4.68 Å². The molecule has 0 aliphatic rings. The zero-order valence-electron chi connectivity index (χ0n) is 14.8. The minimum atomic E-state index is 0.498. The van der Waals surface area contributed by atoms with Crippen LogP contribution in [0.2, 0.25) is 0 Å². The number of methoxy groups -OCH3 is 1. The summed E-state index contributed by atoms with van der Waals surface area (Å²) in [6.45, 7) is 8.07. The van der Waals surface area contributed by atoms with E-state index in [-0.39, 0.29) is 0 Å². The van der Waals surface area contributed by atoms with Crippen LogP contribution < -0.4 is 14.8 Å². The van der Waals surface area contributed by atoms with Gasteiger partial charge in [-0.25, -0.2) is 0 Å². The summed E-state index contributed by atoms with van der Waals surface area (Å²) in [5.41, 5.74) is 3.43. The van der Waals surface area contributed by atoms with Gasteiger partial charge in [0.15, 0.2) is 11.5 Å². The van der Waals surface area contributed by atoms with Crippen molar-refractivity contribution in [3.8, 4) is 11.5 Å². The first-order valence-corrected chi connectivity index (χ1v) is 8.21. The number of nitrogens with zero attached hydrogens (tertiary/aromatic N) is 2. The van der Waals surface area contributed by atoms with E-state index in [0.29, 0.717) is 6.61 Å². The van der Waals surface area contributed by atoms with Crippen LogP contribution in [0.1, 0.15) is 24.5 Å². The predicted molar refractivity (Wildman–Crippen MR) is 96.5 cm³/mol. The average Bonchev–Trinajstić information content (AvgIpc) is 2.98. The number of nitrogens with one attached hydrogen (secondary N) is 1. The van der Waals surface area contributed by atoms with Crippen LogP contribution in [0.5, 0.6) is 11.5 Å².